The molecule has 0 aliphatic rings. The van der Waals surface area contributed by atoms with Crippen LogP contribution < -0.4 is 10.1 Å². The first-order chi connectivity index (χ1) is 9.86. The molecule has 0 saturated carbocycles. The molecule has 0 unspecified atom stereocenters. The Balaban J connectivity index is 2.50. The lowest BCUT2D eigenvalue weighted by atomic mass is 9.91. The van der Waals surface area contributed by atoms with Gasteiger partial charge in [0.05, 0.1) is 12.8 Å². The van der Waals surface area contributed by atoms with Crippen molar-refractivity contribution in [2.24, 2.45) is 0 Å². The minimum atomic E-state index is -0.306. The number of ether oxygens (including phenoxy) is 1. The highest BCUT2D eigenvalue weighted by atomic mass is 32.1. The van der Waals surface area contributed by atoms with Crippen LogP contribution in [0.4, 0.5) is 4.39 Å². The average molecular weight is 308 g/mol. The molecule has 0 bridgehead atoms. The molecule has 0 aliphatic heterocycles. The number of rotatable bonds is 4. The first kappa shape index (κ1) is 15.9. The summed E-state index contributed by atoms with van der Waals surface area (Å²) in [6, 6.07) is 4.88. The summed E-state index contributed by atoms with van der Waals surface area (Å²) in [5.74, 6) is 0.207. The van der Waals surface area contributed by atoms with E-state index in [0.717, 1.165) is 17.1 Å². The molecule has 0 fully saturated rings. The lowest BCUT2D eigenvalue weighted by molar-refractivity contribution is 0.411. The molecule has 1 N–H and O–H groups in total. The number of hydrogen-bond donors (Lipinski definition) is 1. The molecule has 2 rings (SSSR count). The van der Waals surface area contributed by atoms with Gasteiger partial charge in [-0.15, -0.1) is 11.3 Å². The predicted molar refractivity (Wildman–Crippen MR) is 85.5 cm³/mol. The fourth-order valence-electron chi connectivity index (χ4n) is 2.13. The quantitative estimate of drug-likeness (QED) is 0.928. The van der Waals surface area contributed by atoms with E-state index >= 15 is 0 Å². The van der Waals surface area contributed by atoms with Crippen LogP contribution >= 0.6 is 11.3 Å². The summed E-state index contributed by atoms with van der Waals surface area (Å²) < 4.78 is 19.3. The van der Waals surface area contributed by atoms with Crippen molar-refractivity contribution in [3.05, 3.63) is 34.6 Å². The number of nitrogens with one attached hydrogen (secondary N) is 1. The zero-order valence-corrected chi connectivity index (χ0v) is 13.9. The maximum Gasteiger partial charge on any atom is 0.137 e. The molecule has 1 aromatic carbocycles. The minimum Gasteiger partial charge on any atom is -0.497 e. The third-order valence-corrected chi connectivity index (χ3v) is 4.24. The molecule has 1 aromatic heterocycles. The maximum absolute atomic E-state index is 14.2. The Morgan fingerprint density at radius 2 is 2.05 bits per heavy atom. The van der Waals surface area contributed by atoms with Gasteiger partial charge in [0.25, 0.3) is 0 Å². The third kappa shape index (κ3) is 3.41. The van der Waals surface area contributed by atoms with Crippen LogP contribution in [0.2, 0.25) is 0 Å². The van der Waals surface area contributed by atoms with Crippen molar-refractivity contribution in [2.75, 3.05) is 14.2 Å². The fourth-order valence-corrected chi connectivity index (χ4v) is 3.44. The molecule has 114 valence electrons. The standard InChI is InChI=1S/C16H21FN2OS/c1-16(2,3)14-13(9-18-4)21-15(19-14)11-7-6-10(20-5)8-12(11)17/h6-8,18H,9H2,1-5H3. The molecule has 0 spiro atoms. The van der Waals surface area contributed by atoms with Crippen LogP contribution in [0.25, 0.3) is 10.6 Å². The first-order valence-electron chi connectivity index (χ1n) is 6.85. The topological polar surface area (TPSA) is 34.1 Å². The van der Waals surface area contributed by atoms with Crippen LogP contribution in [0, 0.1) is 5.82 Å². The normalized spacial score (nSPS) is 11.7. The van der Waals surface area contributed by atoms with E-state index in [1.54, 1.807) is 12.1 Å². The van der Waals surface area contributed by atoms with Crippen molar-refractivity contribution in [3.8, 4) is 16.3 Å². The molecule has 2 aromatic rings. The molecule has 0 amide bonds. The second-order valence-electron chi connectivity index (χ2n) is 5.92. The van der Waals surface area contributed by atoms with Crippen molar-refractivity contribution in [2.45, 2.75) is 32.7 Å². The van der Waals surface area contributed by atoms with Crippen molar-refractivity contribution >= 4 is 11.3 Å². The third-order valence-electron chi connectivity index (χ3n) is 3.15. The molecule has 21 heavy (non-hydrogen) atoms. The Bertz CT molecular complexity index is 632. The van der Waals surface area contributed by atoms with Crippen LogP contribution in [0.15, 0.2) is 18.2 Å². The van der Waals surface area contributed by atoms with Gasteiger partial charge in [0.1, 0.15) is 16.6 Å². The molecular formula is C16H21FN2OS. The summed E-state index contributed by atoms with van der Waals surface area (Å²) in [6.45, 7) is 7.10. The number of nitrogens with zero attached hydrogens (tertiary/aromatic N) is 1. The van der Waals surface area contributed by atoms with Gasteiger partial charge in [-0.05, 0) is 19.2 Å². The molecule has 5 heteroatoms. The lowest BCUT2D eigenvalue weighted by Gasteiger charge is -2.17. The van der Waals surface area contributed by atoms with Gasteiger partial charge in [0.15, 0.2) is 0 Å². The van der Waals surface area contributed by atoms with Crippen LogP contribution in [-0.2, 0) is 12.0 Å². The molecule has 0 saturated heterocycles. The van der Waals surface area contributed by atoms with E-state index in [9.17, 15) is 4.39 Å². The zero-order valence-electron chi connectivity index (χ0n) is 13.1. The Morgan fingerprint density at radius 3 is 2.57 bits per heavy atom. The average Bonchev–Trinajstić information content (AvgIpc) is 2.82. The first-order valence-corrected chi connectivity index (χ1v) is 7.67. The summed E-state index contributed by atoms with van der Waals surface area (Å²) in [5.41, 5.74) is 1.48. The number of hydrogen-bond acceptors (Lipinski definition) is 4. The number of benzene rings is 1. The van der Waals surface area contributed by atoms with E-state index in [2.05, 4.69) is 31.1 Å². The minimum absolute atomic E-state index is 0.0656. The van der Waals surface area contributed by atoms with E-state index in [4.69, 9.17) is 4.74 Å². The summed E-state index contributed by atoms with van der Waals surface area (Å²) in [7, 11) is 3.43. The highest BCUT2D eigenvalue weighted by molar-refractivity contribution is 7.15. The highest BCUT2D eigenvalue weighted by Crippen LogP contribution is 2.36. The van der Waals surface area contributed by atoms with Gasteiger partial charge in [-0.3, -0.25) is 0 Å². The van der Waals surface area contributed by atoms with Gasteiger partial charge in [-0.25, -0.2) is 9.37 Å². The molecule has 0 radical (unpaired) electrons. The summed E-state index contributed by atoms with van der Waals surface area (Å²) >= 11 is 1.54. The van der Waals surface area contributed by atoms with Gasteiger partial charge in [-0.1, -0.05) is 20.8 Å². The van der Waals surface area contributed by atoms with Crippen LogP contribution in [-0.4, -0.2) is 19.1 Å². The van der Waals surface area contributed by atoms with Gasteiger partial charge >= 0.3 is 0 Å². The Kier molecular flexibility index (Phi) is 4.64. The molecule has 3 nitrogen and oxygen atoms in total. The smallest absolute Gasteiger partial charge is 0.137 e. The van der Waals surface area contributed by atoms with Crippen molar-refractivity contribution < 1.29 is 9.13 Å². The SMILES string of the molecule is CNCc1sc(-c2ccc(OC)cc2F)nc1C(C)(C)C. The highest BCUT2D eigenvalue weighted by Gasteiger charge is 2.24. The molecule has 0 aliphatic carbocycles. The van der Waals surface area contributed by atoms with Crippen molar-refractivity contribution in [1.82, 2.24) is 10.3 Å². The number of halogens is 1. The van der Waals surface area contributed by atoms with Crippen molar-refractivity contribution in [3.63, 3.8) is 0 Å². The predicted octanol–water partition coefficient (Wildman–Crippen LogP) is 3.97. The zero-order chi connectivity index (χ0) is 15.6. The van der Waals surface area contributed by atoms with Gasteiger partial charge in [0, 0.05) is 28.5 Å². The van der Waals surface area contributed by atoms with Crippen LogP contribution in [0.3, 0.4) is 0 Å². The second-order valence-corrected chi connectivity index (χ2v) is 7.00. The lowest BCUT2D eigenvalue weighted by Crippen LogP contribution is -2.16. The van der Waals surface area contributed by atoms with E-state index < -0.39 is 0 Å². The van der Waals surface area contributed by atoms with Gasteiger partial charge in [0.2, 0.25) is 0 Å². The molecule has 1 heterocycles. The summed E-state index contributed by atoms with van der Waals surface area (Å²) in [4.78, 5) is 5.83. The van der Waals surface area contributed by atoms with Gasteiger partial charge < -0.3 is 10.1 Å². The maximum atomic E-state index is 14.2. The van der Waals surface area contributed by atoms with Crippen LogP contribution in [0.1, 0.15) is 31.3 Å². The summed E-state index contributed by atoms with van der Waals surface area (Å²) in [6.07, 6.45) is 0. The summed E-state index contributed by atoms with van der Waals surface area (Å²) in [5, 5.41) is 3.86. The van der Waals surface area contributed by atoms with E-state index in [-0.39, 0.29) is 11.2 Å². The Morgan fingerprint density at radius 1 is 1.33 bits per heavy atom. The van der Waals surface area contributed by atoms with Gasteiger partial charge in [-0.2, -0.15) is 0 Å². The molecule has 0 atom stereocenters. The Hall–Kier alpha value is -1.46. The number of thiazole rings is 1. The van der Waals surface area contributed by atoms with E-state index in [0.29, 0.717) is 16.3 Å². The fraction of sp³-hybridized carbons (Fsp3) is 0.438. The monoisotopic (exact) mass is 308 g/mol. The van der Waals surface area contributed by atoms with Crippen molar-refractivity contribution in [1.29, 1.82) is 0 Å². The van der Waals surface area contributed by atoms with Crippen LogP contribution in [0.5, 0.6) is 5.75 Å². The van der Waals surface area contributed by atoms with E-state index in [1.165, 1.54) is 24.5 Å². The largest absolute Gasteiger partial charge is 0.497 e. The Labute approximate surface area is 129 Å². The number of aromatic nitrogens is 1. The molecular weight excluding hydrogens is 287 g/mol. The second kappa shape index (κ2) is 6.12. The number of methoxy groups -OCH3 is 1. The van der Waals surface area contributed by atoms with E-state index in [1.807, 2.05) is 7.05 Å².